The maximum atomic E-state index is 13.8. The highest BCUT2D eigenvalue weighted by Crippen LogP contribution is 2.41. The van der Waals surface area contributed by atoms with Crippen molar-refractivity contribution in [3.8, 4) is 17.1 Å². The molecule has 3 amide bonds. The number of rotatable bonds is 14. The second-order valence-corrected chi connectivity index (χ2v) is 37.1. The van der Waals surface area contributed by atoms with Gasteiger partial charge in [-0.2, -0.15) is 15.3 Å². The summed E-state index contributed by atoms with van der Waals surface area (Å²) in [4.78, 5) is 41.2. The Morgan fingerprint density at radius 1 is 0.491 bits per heavy atom. The number of halogens is 9. The number of benzene rings is 6. The molecule has 19 nitrogen and oxygen atoms in total. The number of carbonyl (C=O) groups excluding carboxylic acids is 3. The first-order valence-electron chi connectivity index (χ1n) is 36.1. The summed E-state index contributed by atoms with van der Waals surface area (Å²) >= 11 is 37.8. The Morgan fingerprint density at radius 3 is 1.30 bits per heavy atom. The van der Waals surface area contributed by atoms with Gasteiger partial charge in [0.25, 0.3) is 17.7 Å². The molecular weight excluding hydrogens is 1620 g/mol. The summed E-state index contributed by atoms with van der Waals surface area (Å²) in [6.45, 7) is 5.26. The zero-order valence-corrected chi connectivity index (χ0v) is 67.4. The number of hydrazine groups is 1. The molecule has 1 saturated carbocycles. The van der Waals surface area contributed by atoms with E-state index in [2.05, 4.69) is 16.1 Å². The average Bonchev–Trinajstić information content (AvgIpc) is 1.60. The fraction of sp³-hybridized carbons (Fsp3) is 0.284. The Bertz CT molecular complexity index is 5680. The Morgan fingerprint density at radius 2 is 0.893 bits per heavy atom. The highest BCUT2D eigenvalue weighted by molar-refractivity contribution is 7.91. The van der Waals surface area contributed by atoms with Crippen molar-refractivity contribution in [3.05, 3.63) is 273 Å². The summed E-state index contributed by atoms with van der Waals surface area (Å²) in [5, 5.41) is 24.1. The van der Waals surface area contributed by atoms with Crippen molar-refractivity contribution >= 4 is 146 Å². The first-order valence-corrected chi connectivity index (χ1v) is 43.9. The van der Waals surface area contributed by atoms with E-state index in [1.807, 2.05) is 49.2 Å². The third kappa shape index (κ3) is 19.3. The lowest BCUT2D eigenvalue weighted by atomic mass is 9.84. The van der Waals surface area contributed by atoms with Crippen LogP contribution in [-0.4, -0.2) is 120 Å². The van der Waals surface area contributed by atoms with Gasteiger partial charge < -0.3 is 10.6 Å². The molecule has 15 rings (SSSR count). The van der Waals surface area contributed by atoms with E-state index in [0.29, 0.717) is 113 Å². The van der Waals surface area contributed by atoms with Crippen LogP contribution in [0.25, 0.3) is 45.9 Å². The van der Waals surface area contributed by atoms with Crippen LogP contribution >= 0.6 is 69.6 Å². The van der Waals surface area contributed by atoms with E-state index >= 15 is 0 Å². The van der Waals surface area contributed by atoms with Crippen LogP contribution in [0.3, 0.4) is 0 Å². The summed E-state index contributed by atoms with van der Waals surface area (Å²) in [6.07, 6.45) is 17.5. The highest BCUT2D eigenvalue weighted by atomic mass is 35.5. The van der Waals surface area contributed by atoms with E-state index in [9.17, 15) is 52.8 Å². The van der Waals surface area contributed by atoms with Gasteiger partial charge in [-0.3, -0.25) is 19.8 Å². The van der Waals surface area contributed by atoms with Crippen LogP contribution in [0, 0.1) is 17.6 Å². The van der Waals surface area contributed by atoms with Crippen molar-refractivity contribution in [3.63, 3.8) is 0 Å². The van der Waals surface area contributed by atoms with Gasteiger partial charge in [-0.1, -0.05) is 162 Å². The number of carbonyl (C=O) groups is 3. The maximum Gasteiger partial charge on any atom is 0.284 e. The van der Waals surface area contributed by atoms with E-state index in [-0.39, 0.29) is 90.7 Å². The van der Waals surface area contributed by atoms with Crippen LogP contribution in [0.2, 0.25) is 30.1 Å². The Hall–Kier alpha value is -8.60. The molecule has 584 valence electrons. The molecule has 6 aromatic carbocycles. The number of piperidine rings is 1. The van der Waals surface area contributed by atoms with Crippen LogP contribution in [0.15, 0.2) is 163 Å². The van der Waals surface area contributed by atoms with Crippen molar-refractivity contribution in [1.82, 2.24) is 50.4 Å². The highest BCUT2D eigenvalue weighted by Gasteiger charge is 2.40. The summed E-state index contributed by atoms with van der Waals surface area (Å²) in [6, 6.07) is 34.8. The van der Waals surface area contributed by atoms with E-state index in [1.165, 1.54) is 56.9 Å². The molecule has 1 unspecified atom stereocenters. The van der Waals surface area contributed by atoms with Gasteiger partial charge >= 0.3 is 0 Å². The Kier molecular flexibility index (Phi) is 25.2. The smallest absolute Gasteiger partial charge is 0.284 e. The first kappa shape index (κ1) is 81.4. The molecule has 7 heterocycles. The summed E-state index contributed by atoms with van der Waals surface area (Å²) < 4.78 is 123. The molecule has 2 aliphatic carbocycles. The van der Waals surface area contributed by atoms with Gasteiger partial charge in [-0.15, -0.1) is 0 Å². The molecule has 0 radical (unpaired) electrons. The topological polar surface area (TPSA) is 246 Å². The molecule has 4 aliphatic heterocycles. The lowest BCUT2D eigenvalue weighted by molar-refractivity contribution is 0.0740. The molecule has 0 spiro atoms. The van der Waals surface area contributed by atoms with Crippen molar-refractivity contribution in [2.24, 2.45) is 5.92 Å². The molecule has 3 N–H and O–H groups in total. The lowest BCUT2D eigenvalue weighted by Gasteiger charge is -2.28. The minimum atomic E-state index is -3.63. The van der Waals surface area contributed by atoms with Crippen molar-refractivity contribution in [1.29, 1.82) is 0 Å². The normalized spacial score (nSPS) is 19.3. The van der Waals surface area contributed by atoms with Gasteiger partial charge in [-0.05, 0) is 188 Å². The van der Waals surface area contributed by atoms with Crippen LogP contribution in [-0.2, 0) is 46.8 Å². The predicted molar refractivity (Wildman–Crippen MR) is 435 cm³/mol. The van der Waals surface area contributed by atoms with Crippen LogP contribution in [0.5, 0.6) is 0 Å². The number of fused-ring (bicyclic) bond motifs is 3. The largest absolute Gasteiger partial charge is 0.348 e. The second kappa shape index (κ2) is 34.6. The zero-order chi connectivity index (χ0) is 79.5. The minimum absolute atomic E-state index is 0.0697. The zero-order valence-electron chi connectivity index (χ0n) is 60.4. The Balaban J connectivity index is 0.000000147. The fourth-order valence-corrected chi connectivity index (χ4v) is 20.5. The number of sulfone groups is 3. The molecule has 0 bridgehead atoms. The first-order chi connectivity index (χ1) is 53.4. The number of allylic oxidation sites excluding steroid dienone is 5. The molecule has 3 aromatic heterocycles. The molecular formula is C81H75Cl6F3N10O9S3. The lowest BCUT2D eigenvalue weighted by Crippen LogP contribution is -2.45. The number of alkyl halides is 1. The number of hydrogen-bond donors (Lipinski definition) is 3. The summed E-state index contributed by atoms with van der Waals surface area (Å²) in [7, 11) is -10.8. The van der Waals surface area contributed by atoms with Crippen molar-refractivity contribution < 1.29 is 52.8 Å². The summed E-state index contributed by atoms with van der Waals surface area (Å²) in [5.41, 5.74) is 10.6. The monoisotopic (exact) mass is 1690 g/mol. The average molecular weight is 1700 g/mol. The van der Waals surface area contributed by atoms with Gasteiger partial charge in [0.05, 0.1) is 89.8 Å². The van der Waals surface area contributed by atoms with E-state index in [0.717, 1.165) is 50.5 Å². The van der Waals surface area contributed by atoms with E-state index < -0.39 is 65.0 Å². The van der Waals surface area contributed by atoms with Crippen LogP contribution < -0.4 is 16.1 Å². The van der Waals surface area contributed by atoms with Gasteiger partial charge in [-0.25, -0.2) is 57.5 Å². The number of nitrogens with zero attached hydrogens (tertiary/aromatic N) is 7. The third-order valence-corrected chi connectivity index (χ3v) is 26.0. The molecule has 2 fully saturated rings. The molecule has 112 heavy (non-hydrogen) atoms. The van der Waals surface area contributed by atoms with Gasteiger partial charge in [0, 0.05) is 57.3 Å². The molecule has 9 aromatic rings. The number of aromatic nitrogens is 6. The maximum absolute atomic E-state index is 13.8. The van der Waals surface area contributed by atoms with Crippen molar-refractivity contribution in [2.45, 2.75) is 107 Å². The molecule has 31 heteroatoms. The van der Waals surface area contributed by atoms with E-state index in [4.69, 9.17) is 84.9 Å². The summed E-state index contributed by atoms with van der Waals surface area (Å²) in [5.74, 6) is -3.56. The quantitative estimate of drug-likeness (QED) is 0.0918. The van der Waals surface area contributed by atoms with Gasteiger partial charge in [0.2, 0.25) is 0 Å². The number of hydrogen-bond acceptors (Lipinski definition) is 13. The standard InChI is InChI=1S/C28H28Cl2FN3O3S.C28H22Cl2FN3O3S.C25H25Cl2FN4O3S/c2*1-17(19-5-3-2-4-6-19)32-28(35)27-23-16-38(36,37)15-20(13-18-7-10-22(31)11-8-18)26(23)33-34(27)25-12-9-21(29)14-24(25)30;26-18-6-9-22(21(27)13-18)32-24(25(33)30-31-10-2-1-3-11-31)20-15-36(34,35)14-17(23(20)29-32)12-16-4-7-19(28)8-5-16/h7-14,17,19H,2-6,15-16H2,1H3,(H,32,35);2-14,17H,15-16H2,1H3,(H,32,35);4-7,9,12-13,19H,1-3,8,10-11,14-15H2,(H,30,33)/b2*20-13+;17-12+/t2*17-;/m11./s1. The second-order valence-electron chi connectivity index (χ2n) is 28.3. The van der Waals surface area contributed by atoms with Gasteiger partial charge in [0.15, 0.2) is 29.5 Å². The third-order valence-electron chi connectivity index (χ3n) is 20.0. The minimum Gasteiger partial charge on any atom is -0.348 e. The van der Waals surface area contributed by atoms with Crippen molar-refractivity contribution in [2.75, 3.05) is 30.3 Å². The number of nitrogens with one attached hydrogen (secondary N) is 3. The van der Waals surface area contributed by atoms with Crippen LogP contribution in [0.4, 0.5) is 13.2 Å². The fourth-order valence-electron chi connectivity index (χ4n) is 14.5. The van der Waals surface area contributed by atoms with Gasteiger partial charge in [0.1, 0.15) is 34.9 Å². The van der Waals surface area contributed by atoms with E-state index in [1.54, 1.807) is 103 Å². The Labute approximate surface area is 676 Å². The predicted octanol–water partition coefficient (Wildman–Crippen LogP) is 17.6. The molecule has 6 aliphatic rings. The number of amides is 3. The SMILES string of the molecule is C[C@@H](NC(=O)c1c2c(nn1-c1ccc(Cl)cc1Cl)/C(=C/c1ccc(F)cc1)CS(=O)(=O)C2)C1CCCCC1.C[C@@H](NC(=O)c1c2c(nn1-c1ccc(Cl)cc1Cl)/C(=C/c1ccc(F)cc1)CS(=O)(=O)C2)c1ccccc1.O=C(NN1CCCCC1)c1c2c(nn1-c1ccc(Cl)cc1Cl)/C(=C/C1=CCC(F)C=C1)CS(=O)(=O)C2. The molecule has 3 atom stereocenters. The van der Waals surface area contributed by atoms with Crippen LogP contribution in [0.1, 0.15) is 160 Å². The molecule has 1 saturated heterocycles.